The number of hydrogen-bond donors (Lipinski definition) is 0. The van der Waals surface area contributed by atoms with Crippen LogP contribution in [0.25, 0.3) is 4.13 Å². The first kappa shape index (κ1) is 19.9. The predicted octanol–water partition coefficient (Wildman–Crippen LogP) is 1.90. The molecule has 0 N–H and O–H groups in total. The lowest BCUT2D eigenvalue weighted by atomic mass is 9.86. The molecule has 24 heavy (non-hydrogen) atoms. The zero-order chi connectivity index (χ0) is 18.0. The lowest BCUT2D eigenvalue weighted by Gasteiger charge is -2.29. The Morgan fingerprint density at radius 1 is 1.08 bits per heavy atom. The summed E-state index contributed by atoms with van der Waals surface area (Å²) in [7, 11) is -10.7. The molecule has 1 saturated heterocycles. The minimum atomic E-state index is -6.02. The minimum absolute atomic E-state index is 0.000547. The molecule has 142 valence electrons. The average molecular weight is 394 g/mol. The van der Waals surface area contributed by atoms with Crippen molar-refractivity contribution in [2.24, 2.45) is 5.92 Å². The van der Waals surface area contributed by atoms with Gasteiger partial charge in [-0.3, -0.25) is 0 Å². The highest BCUT2D eigenvalue weighted by Crippen LogP contribution is 2.33. The van der Waals surface area contributed by atoms with E-state index < -0.39 is 31.3 Å². The highest BCUT2D eigenvalue weighted by Gasteiger charge is 2.40. The van der Waals surface area contributed by atoms with Crippen molar-refractivity contribution in [1.82, 2.24) is 0 Å². The molecule has 12 heteroatoms. The van der Waals surface area contributed by atoms with Gasteiger partial charge in [0.25, 0.3) is 0 Å². The number of halogens is 3. The van der Waals surface area contributed by atoms with Crippen LogP contribution in [0, 0.1) is 5.92 Å². The van der Waals surface area contributed by atoms with Gasteiger partial charge in [0.1, 0.15) is 6.10 Å². The Kier molecular flexibility index (Phi) is 6.17. The summed E-state index contributed by atoms with van der Waals surface area (Å²) in [5, 5.41) is 0. The summed E-state index contributed by atoms with van der Waals surface area (Å²) in [6.07, 6.45) is 3.15. The van der Waals surface area contributed by atoms with Crippen molar-refractivity contribution in [1.29, 1.82) is 0 Å². The maximum absolute atomic E-state index is 12.2. The Morgan fingerprint density at radius 3 is 2.17 bits per heavy atom. The molecule has 2 rings (SSSR count). The van der Waals surface area contributed by atoms with Gasteiger partial charge in [0.15, 0.2) is 10.0 Å². The van der Waals surface area contributed by atoms with Crippen LogP contribution in [-0.4, -0.2) is 53.5 Å². The van der Waals surface area contributed by atoms with E-state index in [4.69, 9.17) is 9.47 Å². The third-order valence-electron chi connectivity index (χ3n) is 4.00. The van der Waals surface area contributed by atoms with E-state index in [2.05, 4.69) is 0 Å². The van der Waals surface area contributed by atoms with E-state index in [1.54, 1.807) is 0 Å². The van der Waals surface area contributed by atoms with Gasteiger partial charge in [0.05, 0.1) is 29.3 Å². The van der Waals surface area contributed by atoms with E-state index >= 15 is 0 Å². The first-order chi connectivity index (χ1) is 11.0. The van der Waals surface area contributed by atoms with Crippen LogP contribution in [0.3, 0.4) is 0 Å². The molecule has 2 aliphatic rings. The molecule has 1 aliphatic carbocycles. The van der Waals surface area contributed by atoms with Gasteiger partial charge in [0, 0.05) is 5.75 Å². The number of nitrogens with zero attached hydrogens (tertiary/aromatic N) is 1. The number of epoxide rings is 1. The van der Waals surface area contributed by atoms with Gasteiger partial charge in [-0.05, 0) is 38.0 Å². The Morgan fingerprint density at radius 2 is 1.67 bits per heavy atom. The fraction of sp³-hybridized carbons (Fsp3) is 1.00. The monoisotopic (exact) mass is 394 g/mol. The highest BCUT2D eigenvalue weighted by atomic mass is 32.3. The van der Waals surface area contributed by atoms with E-state index in [1.807, 2.05) is 4.13 Å². The summed E-state index contributed by atoms with van der Waals surface area (Å²) in [5.41, 5.74) is -5.71. The first-order valence-corrected chi connectivity index (χ1v) is 10.5. The Labute approximate surface area is 139 Å². The maximum atomic E-state index is 12.2. The van der Waals surface area contributed by atoms with Crippen LogP contribution in [0.2, 0.25) is 0 Å². The second kappa shape index (κ2) is 7.44. The molecular formula is C12H19F3NO6S2-. The fourth-order valence-corrected chi connectivity index (χ4v) is 5.00. The molecule has 1 aliphatic heterocycles. The molecule has 1 heterocycles. The SMILES string of the molecule is O=S(=O)(CCC1CCC(OCC2CO2)CC1)[N-]S(=O)(=O)C(F)(F)F. The van der Waals surface area contributed by atoms with Crippen LogP contribution >= 0.6 is 0 Å². The molecule has 0 aromatic carbocycles. The molecule has 0 aromatic rings. The summed E-state index contributed by atoms with van der Waals surface area (Å²) in [5.74, 6) is -0.713. The third kappa shape index (κ3) is 6.14. The van der Waals surface area contributed by atoms with Crippen LogP contribution in [0.4, 0.5) is 13.2 Å². The average Bonchev–Trinajstić information content (AvgIpc) is 3.26. The minimum Gasteiger partial charge on any atom is -0.428 e. The molecular weight excluding hydrogens is 375 g/mol. The van der Waals surface area contributed by atoms with Gasteiger partial charge in [-0.2, -0.15) is 13.2 Å². The zero-order valence-corrected chi connectivity index (χ0v) is 14.4. The predicted molar refractivity (Wildman–Crippen MR) is 78.2 cm³/mol. The number of ether oxygens (including phenoxy) is 2. The highest BCUT2D eigenvalue weighted by molar-refractivity contribution is 8.12. The molecule has 0 spiro atoms. The topological polar surface area (TPSA) is 104 Å². The molecule has 1 atom stereocenters. The second-order valence-corrected chi connectivity index (χ2v) is 9.58. The first-order valence-electron chi connectivity index (χ1n) is 7.50. The van der Waals surface area contributed by atoms with Gasteiger partial charge in [0.2, 0.25) is 0 Å². The second-order valence-electron chi connectivity index (χ2n) is 6.00. The number of hydrogen-bond acceptors (Lipinski definition) is 6. The van der Waals surface area contributed by atoms with Crippen molar-refractivity contribution in [3.8, 4) is 0 Å². The molecule has 0 amide bonds. The normalized spacial score (nSPS) is 28.7. The van der Waals surface area contributed by atoms with Crippen LogP contribution in [0.5, 0.6) is 0 Å². The van der Waals surface area contributed by atoms with Crippen molar-refractivity contribution in [3.63, 3.8) is 0 Å². The quantitative estimate of drug-likeness (QED) is 0.583. The molecule has 0 aromatic heterocycles. The smallest absolute Gasteiger partial charge is 0.428 e. The van der Waals surface area contributed by atoms with Crippen LogP contribution < -0.4 is 0 Å². The lowest BCUT2D eigenvalue weighted by Crippen LogP contribution is -2.26. The van der Waals surface area contributed by atoms with Gasteiger partial charge in [-0.25, -0.2) is 16.8 Å². The van der Waals surface area contributed by atoms with Crippen molar-refractivity contribution < 1.29 is 39.5 Å². The molecule has 1 saturated carbocycles. The van der Waals surface area contributed by atoms with Crippen LogP contribution in [0.1, 0.15) is 32.1 Å². The fourth-order valence-electron chi connectivity index (χ4n) is 2.54. The zero-order valence-electron chi connectivity index (χ0n) is 12.7. The van der Waals surface area contributed by atoms with Gasteiger partial charge < -0.3 is 13.6 Å². The number of alkyl halides is 3. The molecule has 0 bridgehead atoms. The van der Waals surface area contributed by atoms with Crippen LogP contribution in [-0.2, 0) is 29.5 Å². The van der Waals surface area contributed by atoms with Crippen LogP contribution in [0.15, 0.2) is 0 Å². The van der Waals surface area contributed by atoms with Crippen molar-refractivity contribution in [2.75, 3.05) is 19.0 Å². The largest absolute Gasteiger partial charge is 0.480 e. The van der Waals surface area contributed by atoms with Gasteiger partial charge >= 0.3 is 5.51 Å². The van der Waals surface area contributed by atoms with Crippen molar-refractivity contribution >= 4 is 20.0 Å². The van der Waals surface area contributed by atoms with E-state index in [-0.39, 0.29) is 24.5 Å². The Hall–Kier alpha value is -0.430. The Bertz CT molecular complexity index is 622. The van der Waals surface area contributed by atoms with E-state index in [9.17, 15) is 30.0 Å². The molecule has 7 nitrogen and oxygen atoms in total. The van der Waals surface area contributed by atoms with E-state index in [1.165, 1.54) is 0 Å². The number of sulfonamides is 2. The van der Waals surface area contributed by atoms with Crippen molar-refractivity contribution in [2.45, 2.75) is 49.8 Å². The summed E-state index contributed by atoms with van der Waals surface area (Å²) in [6, 6.07) is 0. The van der Waals surface area contributed by atoms with E-state index in [0.29, 0.717) is 26.1 Å². The summed E-state index contributed by atoms with van der Waals surface area (Å²) in [4.78, 5) is 0. The summed E-state index contributed by atoms with van der Waals surface area (Å²) in [6.45, 7) is 1.25. The lowest BCUT2D eigenvalue weighted by molar-refractivity contribution is -0.0425. The third-order valence-corrected chi connectivity index (χ3v) is 7.03. The van der Waals surface area contributed by atoms with Gasteiger partial charge in [-0.1, -0.05) is 0 Å². The summed E-state index contributed by atoms with van der Waals surface area (Å²) >= 11 is 0. The Balaban J connectivity index is 1.72. The number of rotatable bonds is 8. The van der Waals surface area contributed by atoms with Gasteiger partial charge in [-0.15, -0.1) is 0 Å². The molecule has 1 unspecified atom stereocenters. The van der Waals surface area contributed by atoms with E-state index in [0.717, 1.165) is 12.8 Å². The molecule has 2 fully saturated rings. The standard InChI is InChI=1S/C12H19F3NO6S2/c13-12(14,15)24(19,20)16-23(17,18)6-5-9-1-3-10(4-2-9)21-7-11-8-22-11/h9-11H,1-8H2/q-1. The molecule has 0 radical (unpaired) electrons. The van der Waals surface area contributed by atoms with Crippen molar-refractivity contribution in [3.05, 3.63) is 4.13 Å². The maximum Gasteiger partial charge on any atom is 0.480 e. The summed E-state index contributed by atoms with van der Waals surface area (Å²) < 4.78 is 93.8.